The Kier molecular flexibility index (Phi) is 6.32. The molecule has 0 saturated carbocycles. The van der Waals surface area contributed by atoms with Crippen LogP contribution in [0.2, 0.25) is 0 Å². The average Bonchev–Trinajstić information content (AvgIpc) is 3.63. The molecule has 0 atom stereocenters. The Bertz CT molecular complexity index is 2160. The van der Waals surface area contributed by atoms with Gasteiger partial charge >= 0.3 is 6.01 Å². The summed E-state index contributed by atoms with van der Waals surface area (Å²) in [4.78, 5) is 8.65. The summed E-state index contributed by atoms with van der Waals surface area (Å²) < 4.78 is 33.6. The van der Waals surface area contributed by atoms with E-state index in [0.29, 0.717) is 23.0 Å². The van der Waals surface area contributed by atoms with E-state index in [-0.39, 0.29) is 17.5 Å². The van der Waals surface area contributed by atoms with Crippen LogP contribution in [0.25, 0.3) is 27.8 Å². The van der Waals surface area contributed by atoms with Gasteiger partial charge in [0.2, 0.25) is 0 Å². The van der Waals surface area contributed by atoms with E-state index < -0.39 is 6.98 Å². The largest absolute Gasteiger partial charge is 0.425 e. The Balaban J connectivity index is 1.39. The highest BCUT2D eigenvalue weighted by molar-refractivity contribution is 5.96. The van der Waals surface area contributed by atoms with Crippen LogP contribution in [-0.4, -0.2) is 23.2 Å². The van der Waals surface area contributed by atoms with Crippen molar-refractivity contribution in [2.45, 2.75) is 52.4 Å². The van der Waals surface area contributed by atoms with Gasteiger partial charge in [-0.15, -0.1) is 0 Å². The van der Waals surface area contributed by atoms with Gasteiger partial charge in [0, 0.05) is 11.1 Å². The molecule has 5 nitrogen and oxygen atoms in total. The Labute approximate surface area is 276 Å². The minimum Gasteiger partial charge on any atom is -0.425 e. The van der Waals surface area contributed by atoms with Crippen molar-refractivity contribution in [1.29, 1.82) is 0 Å². The molecule has 1 aliphatic heterocycles. The average molecular weight is 610 g/mol. The summed E-state index contributed by atoms with van der Waals surface area (Å²) in [6, 6.07) is 39.3. The topological polar surface area (TPSA) is 33.5 Å². The molecule has 0 radical (unpaired) electrons. The third-order valence-corrected chi connectivity index (χ3v) is 8.73. The van der Waals surface area contributed by atoms with Crippen molar-refractivity contribution in [3.63, 3.8) is 0 Å². The number of fused-ring (bicyclic) bond motifs is 2. The molecule has 5 heteroatoms. The van der Waals surface area contributed by atoms with Crippen molar-refractivity contribution >= 4 is 28.1 Å². The summed E-state index contributed by atoms with van der Waals surface area (Å²) in [7, 11) is 0. The lowest BCUT2D eigenvalue weighted by Crippen LogP contribution is -2.24. The van der Waals surface area contributed by atoms with E-state index in [1.807, 2.05) is 82.3 Å². The van der Waals surface area contributed by atoms with E-state index in [0.717, 1.165) is 39.3 Å². The number of hydrogen-bond donors (Lipinski definition) is 0. The predicted octanol–water partition coefficient (Wildman–Crippen LogP) is 10.6. The van der Waals surface area contributed by atoms with Gasteiger partial charge in [-0.05, 0) is 81.6 Å². The van der Waals surface area contributed by atoms with Crippen LogP contribution >= 0.6 is 0 Å². The van der Waals surface area contributed by atoms with E-state index in [1.54, 1.807) is 0 Å². The molecule has 232 valence electrons. The maximum atomic E-state index is 8.23. The van der Waals surface area contributed by atoms with Crippen LogP contribution in [0.4, 0.5) is 17.1 Å². The number of anilines is 3. The highest BCUT2D eigenvalue weighted by atomic mass is 16.5. The van der Waals surface area contributed by atoms with Gasteiger partial charge in [0.15, 0.2) is 0 Å². The number of rotatable bonds is 5. The predicted molar refractivity (Wildman–Crippen MR) is 192 cm³/mol. The summed E-state index contributed by atoms with van der Waals surface area (Å²) in [5.74, 6) is 0.692. The van der Waals surface area contributed by atoms with Gasteiger partial charge in [0.1, 0.15) is 11.3 Å². The molecule has 1 aromatic heterocycles. The smallest absolute Gasteiger partial charge is 0.307 e. The normalized spacial score (nSPS) is 14.6. The molecule has 5 aromatic carbocycles. The lowest BCUT2D eigenvalue weighted by molar-refractivity contribution is 0.435. The SMILES string of the molecule is [2H]C([2H])([2H])N1CN(c2cccc3c2nc(Oc2cc(-c4cccc(C(C)(C)C)c4)cc(C(C)(C)C)c2)n3-c2ccccc2)c2ccccc21. The first-order valence-electron chi connectivity index (χ1n) is 17.3. The number of para-hydroxylation sites is 4. The third kappa shape index (κ3) is 5.40. The second-order valence-electron chi connectivity index (χ2n) is 14.1. The fourth-order valence-electron chi connectivity index (χ4n) is 6.12. The molecule has 0 fully saturated rings. The molecule has 0 bridgehead atoms. The summed E-state index contributed by atoms with van der Waals surface area (Å²) >= 11 is 0. The second-order valence-corrected chi connectivity index (χ2v) is 14.1. The van der Waals surface area contributed by atoms with E-state index in [2.05, 4.69) is 84.0 Å². The van der Waals surface area contributed by atoms with Crippen molar-refractivity contribution in [2.75, 3.05) is 23.4 Å². The lowest BCUT2D eigenvalue weighted by Gasteiger charge is -2.23. The minimum atomic E-state index is -2.29. The molecule has 0 aliphatic carbocycles. The number of nitrogens with zero attached hydrogens (tertiary/aromatic N) is 4. The fourth-order valence-corrected chi connectivity index (χ4v) is 6.12. The zero-order valence-electron chi connectivity index (χ0n) is 30.4. The van der Waals surface area contributed by atoms with Crippen LogP contribution in [-0.2, 0) is 10.8 Å². The second kappa shape index (κ2) is 11.1. The van der Waals surface area contributed by atoms with Gasteiger partial charge in [0.25, 0.3) is 0 Å². The molecule has 0 amide bonds. The van der Waals surface area contributed by atoms with Crippen LogP contribution in [0.5, 0.6) is 11.8 Å². The van der Waals surface area contributed by atoms with Crippen molar-refractivity contribution in [1.82, 2.24) is 9.55 Å². The number of imidazole rings is 1. The molecule has 0 saturated heterocycles. The molecular formula is C41H42N4O. The van der Waals surface area contributed by atoms with Crippen molar-refractivity contribution in [3.05, 3.63) is 126 Å². The lowest BCUT2D eigenvalue weighted by atomic mass is 9.83. The van der Waals surface area contributed by atoms with Gasteiger partial charge in [0.05, 0.1) is 34.9 Å². The summed E-state index contributed by atoms with van der Waals surface area (Å²) in [5.41, 5.74) is 9.31. The molecule has 0 spiro atoms. The van der Waals surface area contributed by atoms with Gasteiger partial charge in [-0.2, -0.15) is 4.98 Å². The van der Waals surface area contributed by atoms with Crippen LogP contribution in [0.15, 0.2) is 115 Å². The Morgan fingerprint density at radius 1 is 0.652 bits per heavy atom. The molecular weight excluding hydrogens is 564 g/mol. The minimum absolute atomic E-state index is 0.0194. The van der Waals surface area contributed by atoms with Crippen molar-refractivity contribution < 1.29 is 8.85 Å². The number of ether oxygens (including phenoxy) is 1. The first-order valence-corrected chi connectivity index (χ1v) is 15.8. The quantitative estimate of drug-likeness (QED) is 0.195. The van der Waals surface area contributed by atoms with Gasteiger partial charge in [-0.3, -0.25) is 4.57 Å². The number of aromatic nitrogens is 2. The highest BCUT2D eigenvalue weighted by Gasteiger charge is 2.28. The zero-order chi connectivity index (χ0) is 34.7. The van der Waals surface area contributed by atoms with Gasteiger partial charge in [-0.1, -0.05) is 108 Å². The monoisotopic (exact) mass is 609 g/mol. The number of hydrogen-bond acceptors (Lipinski definition) is 4. The molecule has 2 heterocycles. The zero-order valence-corrected chi connectivity index (χ0v) is 27.4. The summed E-state index contributed by atoms with van der Waals surface area (Å²) in [5, 5.41) is 0. The Morgan fingerprint density at radius 3 is 2.07 bits per heavy atom. The summed E-state index contributed by atoms with van der Waals surface area (Å²) in [6.45, 7) is 11.2. The standard InChI is InChI=1S/C41H42N4O/c1-40(2,3)30-16-13-15-28(23-30)29-24-31(41(4,5)6)26-33(25-29)46-39-42-38-36(44-27-43(7)34-19-11-12-20-35(34)44)21-14-22-37(38)45(39)32-17-9-8-10-18-32/h8-26H,27H2,1-7H3/i7D3. The first kappa shape index (κ1) is 26.2. The van der Waals surface area contributed by atoms with Gasteiger partial charge in [-0.25, -0.2) is 0 Å². The Morgan fingerprint density at radius 2 is 1.33 bits per heavy atom. The van der Waals surface area contributed by atoms with Gasteiger partial charge < -0.3 is 14.5 Å². The molecule has 0 N–H and O–H groups in total. The van der Waals surface area contributed by atoms with Crippen molar-refractivity contribution in [3.8, 4) is 28.6 Å². The van der Waals surface area contributed by atoms with Crippen LogP contribution in [0.3, 0.4) is 0 Å². The highest BCUT2D eigenvalue weighted by Crippen LogP contribution is 2.44. The fraction of sp³-hybridized carbons (Fsp3) is 0.244. The Hall–Kier alpha value is -5.03. The van der Waals surface area contributed by atoms with E-state index in [4.69, 9.17) is 13.8 Å². The van der Waals surface area contributed by atoms with Crippen LogP contribution < -0.4 is 14.5 Å². The van der Waals surface area contributed by atoms with E-state index in [9.17, 15) is 0 Å². The maximum Gasteiger partial charge on any atom is 0.307 e. The molecule has 0 unspecified atom stereocenters. The van der Waals surface area contributed by atoms with Crippen molar-refractivity contribution in [2.24, 2.45) is 0 Å². The van der Waals surface area contributed by atoms with E-state index >= 15 is 0 Å². The maximum absolute atomic E-state index is 8.23. The molecule has 6 aromatic rings. The number of benzene rings is 5. The van der Waals surface area contributed by atoms with Crippen LogP contribution in [0, 0.1) is 0 Å². The molecule has 1 aliphatic rings. The first-order chi connectivity index (χ1) is 23.2. The third-order valence-electron chi connectivity index (χ3n) is 8.73. The summed E-state index contributed by atoms with van der Waals surface area (Å²) in [6.07, 6.45) is 0. The van der Waals surface area contributed by atoms with E-state index in [1.165, 1.54) is 10.5 Å². The molecule has 7 rings (SSSR count). The van der Waals surface area contributed by atoms with Crippen LogP contribution in [0.1, 0.15) is 56.8 Å². The molecule has 46 heavy (non-hydrogen) atoms.